The van der Waals surface area contributed by atoms with Gasteiger partial charge in [0.15, 0.2) is 0 Å². The molecule has 2 nitrogen and oxygen atoms in total. The Bertz CT molecular complexity index is 4270. The van der Waals surface area contributed by atoms with Crippen LogP contribution < -0.4 is 9.80 Å². The van der Waals surface area contributed by atoms with Crippen molar-refractivity contribution >= 4 is 98.6 Å². The Hall–Kier alpha value is -8.76. The minimum atomic E-state index is -0.621. The SMILES string of the molecule is c1ccc(N(c2ccc3c(c2)C2(c4ccccc4-3)c3cc(N(c4ccccc4)c4cc5ccccc5c5ccccc45)ccc3-c3sc4ccccc4c32)c2cc3ccccc3c3ccccc23)cc1. The lowest BCUT2D eigenvalue weighted by molar-refractivity contribution is 0.802. The molecule has 3 heteroatoms. The summed E-state index contributed by atoms with van der Waals surface area (Å²) in [5, 5.41) is 11.2. The maximum Gasteiger partial charge on any atom is 0.0741 e. The summed E-state index contributed by atoms with van der Waals surface area (Å²) in [4.78, 5) is 6.33. The molecule has 0 radical (unpaired) electrons. The van der Waals surface area contributed by atoms with Crippen molar-refractivity contribution in [1.29, 1.82) is 0 Å². The number of hydrogen-bond acceptors (Lipinski definition) is 3. The van der Waals surface area contributed by atoms with E-state index in [4.69, 9.17) is 0 Å². The molecule has 2 aliphatic carbocycles. The van der Waals surface area contributed by atoms with Gasteiger partial charge in [0.05, 0.1) is 16.8 Å². The van der Waals surface area contributed by atoms with Gasteiger partial charge in [-0.2, -0.15) is 0 Å². The van der Waals surface area contributed by atoms with Crippen LogP contribution in [0.3, 0.4) is 0 Å². The molecule has 0 bridgehead atoms. The number of para-hydroxylation sites is 2. The summed E-state index contributed by atoms with van der Waals surface area (Å²) in [7, 11) is 0. The van der Waals surface area contributed by atoms with E-state index in [1.807, 2.05) is 11.3 Å². The number of hydrogen-bond donors (Lipinski definition) is 0. The zero-order chi connectivity index (χ0) is 45.9. The van der Waals surface area contributed by atoms with Crippen molar-refractivity contribution in [3.63, 3.8) is 0 Å². The highest BCUT2D eigenvalue weighted by Gasteiger charge is 2.54. The Morgan fingerprint density at radius 2 is 0.714 bits per heavy atom. The van der Waals surface area contributed by atoms with E-state index >= 15 is 0 Å². The molecule has 0 saturated heterocycles. The van der Waals surface area contributed by atoms with Gasteiger partial charge < -0.3 is 9.80 Å². The number of anilines is 6. The van der Waals surface area contributed by atoms with Gasteiger partial charge in [-0.15, -0.1) is 11.3 Å². The molecule has 2 aliphatic rings. The summed E-state index contributed by atoms with van der Waals surface area (Å²) in [6.07, 6.45) is 0. The van der Waals surface area contributed by atoms with Gasteiger partial charge in [-0.3, -0.25) is 0 Å². The predicted octanol–water partition coefficient (Wildman–Crippen LogP) is 18.8. The molecule has 1 atom stereocenters. The molecule has 0 aliphatic heterocycles. The average Bonchev–Trinajstić information content (AvgIpc) is 4.05. The number of thiophene rings is 1. The minimum Gasteiger partial charge on any atom is -0.310 e. The molecule has 1 unspecified atom stereocenters. The fourth-order valence-corrected chi connectivity index (χ4v) is 13.6. The van der Waals surface area contributed by atoms with E-state index in [0.717, 1.165) is 34.1 Å². The third-order valence-electron chi connectivity index (χ3n) is 15.2. The quantitative estimate of drug-likeness (QED) is 0.153. The lowest BCUT2D eigenvalue weighted by Gasteiger charge is -2.34. The van der Waals surface area contributed by atoms with Crippen molar-refractivity contribution in [3.8, 4) is 21.6 Å². The van der Waals surface area contributed by atoms with Crippen molar-refractivity contribution in [2.24, 2.45) is 0 Å². The van der Waals surface area contributed by atoms with Crippen LogP contribution >= 0.6 is 11.3 Å². The Balaban J connectivity index is 1.03. The monoisotopic (exact) mass is 906 g/mol. The summed E-state index contributed by atoms with van der Waals surface area (Å²) >= 11 is 1.93. The largest absolute Gasteiger partial charge is 0.310 e. The summed E-state index contributed by atoms with van der Waals surface area (Å²) < 4.78 is 1.31. The predicted molar refractivity (Wildman–Crippen MR) is 298 cm³/mol. The first-order valence-electron chi connectivity index (χ1n) is 24.2. The van der Waals surface area contributed by atoms with Gasteiger partial charge >= 0.3 is 0 Å². The van der Waals surface area contributed by atoms with Crippen LogP contribution in [0, 0.1) is 0 Å². The molecule has 1 spiro atoms. The highest BCUT2D eigenvalue weighted by molar-refractivity contribution is 7.22. The van der Waals surface area contributed by atoms with E-state index in [1.54, 1.807) is 0 Å². The zero-order valence-electron chi connectivity index (χ0n) is 38.1. The minimum absolute atomic E-state index is 0.621. The van der Waals surface area contributed by atoms with E-state index in [-0.39, 0.29) is 0 Å². The number of fused-ring (bicyclic) bond motifs is 18. The molecule has 0 saturated carbocycles. The molecule has 0 N–H and O–H groups in total. The molecule has 15 rings (SSSR count). The fourth-order valence-electron chi connectivity index (χ4n) is 12.3. The van der Waals surface area contributed by atoms with Gasteiger partial charge in [-0.25, -0.2) is 0 Å². The molecule has 326 valence electrons. The average molecular weight is 907 g/mol. The van der Waals surface area contributed by atoms with Gasteiger partial charge in [0, 0.05) is 43.1 Å². The third-order valence-corrected chi connectivity index (χ3v) is 16.4. The van der Waals surface area contributed by atoms with Crippen molar-refractivity contribution in [2.45, 2.75) is 5.41 Å². The molecule has 1 heterocycles. The summed E-state index contributed by atoms with van der Waals surface area (Å²) in [6.45, 7) is 0. The number of nitrogens with zero attached hydrogens (tertiary/aromatic N) is 2. The zero-order valence-corrected chi connectivity index (χ0v) is 38.9. The highest BCUT2D eigenvalue weighted by Crippen LogP contribution is 2.67. The summed E-state index contributed by atoms with van der Waals surface area (Å²) in [5.74, 6) is 0. The van der Waals surface area contributed by atoms with Crippen molar-refractivity contribution in [2.75, 3.05) is 9.80 Å². The number of rotatable bonds is 6. The second-order valence-corrected chi connectivity index (χ2v) is 19.8. The van der Waals surface area contributed by atoms with Gasteiger partial charge in [-0.1, -0.05) is 188 Å². The van der Waals surface area contributed by atoms with Gasteiger partial charge in [0.2, 0.25) is 0 Å². The smallest absolute Gasteiger partial charge is 0.0741 e. The van der Waals surface area contributed by atoms with E-state index in [0.29, 0.717) is 0 Å². The first-order chi connectivity index (χ1) is 34.7. The Kier molecular flexibility index (Phi) is 8.48. The topological polar surface area (TPSA) is 6.48 Å². The third kappa shape index (κ3) is 5.49. The standard InChI is InChI=1S/C67H42N2S/c1-3-21-45(22-4-1)68(62-39-43-19-7-9-25-49(43)51-27-11-13-30-55(51)62)47-35-37-54-53-29-15-17-33-59(53)67(60(54)41-47)61-42-48(36-38-57(61)66-65(67)58-32-16-18-34-64(58)70-66)69(46-23-5-2-6-24-46)63-40-44-20-8-10-26-50(44)52-28-12-14-31-56(52)63/h1-42H. The molecule has 1 aromatic heterocycles. The fraction of sp³-hybridized carbons (Fsp3) is 0.0149. The lowest BCUT2D eigenvalue weighted by Crippen LogP contribution is -2.26. The molecular formula is C67H42N2S. The van der Waals surface area contributed by atoms with Crippen molar-refractivity contribution in [1.82, 2.24) is 0 Å². The van der Waals surface area contributed by atoms with Crippen LogP contribution in [0.25, 0.3) is 74.7 Å². The summed E-state index contributed by atoms with van der Waals surface area (Å²) in [6, 6.07) is 95.0. The van der Waals surface area contributed by atoms with Crippen LogP contribution in [0.1, 0.15) is 22.3 Å². The molecule has 0 amide bonds. The van der Waals surface area contributed by atoms with Crippen LogP contribution in [0.15, 0.2) is 255 Å². The maximum absolute atomic E-state index is 2.54. The van der Waals surface area contributed by atoms with Gasteiger partial charge in [-0.05, 0) is 143 Å². The van der Waals surface area contributed by atoms with Crippen LogP contribution in [-0.4, -0.2) is 0 Å². The first-order valence-corrected chi connectivity index (χ1v) is 25.0. The van der Waals surface area contributed by atoms with Crippen LogP contribution in [0.5, 0.6) is 0 Å². The van der Waals surface area contributed by atoms with Crippen LogP contribution in [0.2, 0.25) is 0 Å². The van der Waals surface area contributed by atoms with Gasteiger partial charge in [0.25, 0.3) is 0 Å². The second kappa shape index (κ2) is 15.1. The normalized spacial score (nSPS) is 14.3. The first kappa shape index (κ1) is 39.3. The lowest BCUT2D eigenvalue weighted by atomic mass is 9.70. The molecular weight excluding hydrogens is 865 g/mol. The maximum atomic E-state index is 2.54. The van der Waals surface area contributed by atoms with E-state index in [2.05, 4.69) is 265 Å². The van der Waals surface area contributed by atoms with E-state index in [1.165, 1.54) is 97.0 Å². The molecule has 0 fully saturated rings. The van der Waals surface area contributed by atoms with E-state index < -0.39 is 5.41 Å². The highest BCUT2D eigenvalue weighted by atomic mass is 32.1. The van der Waals surface area contributed by atoms with Crippen LogP contribution in [-0.2, 0) is 5.41 Å². The Labute approximate surface area is 410 Å². The molecule has 12 aromatic carbocycles. The molecule has 13 aromatic rings. The van der Waals surface area contributed by atoms with Crippen LogP contribution in [0.4, 0.5) is 34.1 Å². The second-order valence-electron chi connectivity index (χ2n) is 18.7. The Morgan fingerprint density at radius 1 is 0.286 bits per heavy atom. The van der Waals surface area contributed by atoms with Crippen molar-refractivity contribution < 1.29 is 0 Å². The van der Waals surface area contributed by atoms with Crippen molar-refractivity contribution in [3.05, 3.63) is 277 Å². The van der Waals surface area contributed by atoms with Gasteiger partial charge in [0.1, 0.15) is 0 Å². The molecule has 70 heavy (non-hydrogen) atoms. The number of benzene rings is 12. The summed E-state index contributed by atoms with van der Waals surface area (Å²) in [5.41, 5.74) is 15.4. The Morgan fingerprint density at radius 3 is 1.30 bits per heavy atom. The van der Waals surface area contributed by atoms with E-state index in [9.17, 15) is 0 Å².